The average molecular weight is 126 g/mol. The van der Waals surface area contributed by atoms with Crippen LogP contribution in [0, 0.1) is 11.8 Å². The van der Waals surface area contributed by atoms with Crippen molar-refractivity contribution >= 4 is 5.78 Å². The molecular formula is C8H14O. The Kier molecular flexibility index (Phi) is 1.89. The summed E-state index contributed by atoms with van der Waals surface area (Å²) in [4.78, 5) is 10.8. The fourth-order valence-electron chi connectivity index (χ4n) is 1.58. The smallest absolute Gasteiger partial charge is 0.132 e. The number of rotatable bonds is 1. The molecule has 1 aliphatic carbocycles. The molecule has 0 aliphatic heterocycles. The molecule has 0 unspecified atom stereocenters. The first-order valence-electron chi connectivity index (χ1n) is 3.70. The highest BCUT2D eigenvalue weighted by molar-refractivity contribution is 5.78. The Morgan fingerprint density at radius 1 is 1.44 bits per heavy atom. The highest BCUT2D eigenvalue weighted by Crippen LogP contribution is 2.30. The van der Waals surface area contributed by atoms with Crippen LogP contribution in [0.5, 0.6) is 0 Å². The topological polar surface area (TPSA) is 17.1 Å². The number of hydrogen-bond donors (Lipinski definition) is 0. The lowest BCUT2D eigenvalue weighted by Crippen LogP contribution is -2.05. The van der Waals surface area contributed by atoms with E-state index in [0.717, 1.165) is 18.8 Å². The largest absolute Gasteiger partial charge is 0.300 e. The van der Waals surface area contributed by atoms with Crippen LogP contribution in [-0.2, 0) is 4.79 Å². The molecule has 0 heterocycles. The van der Waals surface area contributed by atoms with E-state index in [2.05, 4.69) is 6.92 Å². The van der Waals surface area contributed by atoms with Gasteiger partial charge in [0.1, 0.15) is 5.78 Å². The van der Waals surface area contributed by atoms with Crippen LogP contribution in [-0.4, -0.2) is 5.78 Å². The number of carbonyl (C=O) groups excluding carboxylic acids is 1. The third kappa shape index (κ3) is 1.54. The average Bonchev–Trinajstić information content (AvgIpc) is 2.14. The Bertz CT molecular complexity index is 118. The molecule has 1 fully saturated rings. The van der Waals surface area contributed by atoms with Crippen LogP contribution in [0.4, 0.5) is 0 Å². The van der Waals surface area contributed by atoms with E-state index in [1.807, 2.05) is 0 Å². The van der Waals surface area contributed by atoms with E-state index in [1.54, 1.807) is 6.92 Å². The molecule has 1 rings (SSSR count). The fraction of sp³-hybridized carbons (Fsp3) is 0.875. The molecule has 9 heavy (non-hydrogen) atoms. The van der Waals surface area contributed by atoms with Crippen molar-refractivity contribution in [1.29, 1.82) is 0 Å². The van der Waals surface area contributed by atoms with Gasteiger partial charge >= 0.3 is 0 Å². The highest BCUT2D eigenvalue weighted by atomic mass is 16.1. The Morgan fingerprint density at radius 3 is 2.33 bits per heavy atom. The summed E-state index contributed by atoms with van der Waals surface area (Å²) >= 11 is 0. The van der Waals surface area contributed by atoms with E-state index in [4.69, 9.17) is 0 Å². The molecule has 0 bridgehead atoms. The predicted octanol–water partition coefficient (Wildman–Crippen LogP) is 2.01. The third-order valence-electron chi connectivity index (χ3n) is 2.27. The lowest BCUT2D eigenvalue weighted by Gasteiger charge is -2.01. The van der Waals surface area contributed by atoms with Crippen LogP contribution in [0.1, 0.15) is 33.1 Å². The summed E-state index contributed by atoms with van der Waals surface area (Å²) in [6.45, 7) is 3.94. The molecule has 0 saturated heterocycles. The van der Waals surface area contributed by atoms with Crippen LogP contribution in [0.15, 0.2) is 0 Å². The van der Waals surface area contributed by atoms with Crippen molar-refractivity contribution < 1.29 is 4.79 Å². The van der Waals surface area contributed by atoms with Gasteiger partial charge in [-0.3, -0.25) is 4.79 Å². The lowest BCUT2D eigenvalue weighted by molar-refractivity contribution is -0.120. The standard InChI is InChI=1S/C8H14O/c1-6-3-4-8(5-6)7(2)9/h6,8H,3-5H2,1-2H3/t6-,8-/m0/s1. The van der Waals surface area contributed by atoms with Crippen LogP contribution in [0.25, 0.3) is 0 Å². The molecule has 1 heteroatoms. The molecule has 2 atom stereocenters. The second-order valence-corrected chi connectivity index (χ2v) is 3.23. The van der Waals surface area contributed by atoms with Gasteiger partial charge in [-0.1, -0.05) is 6.92 Å². The normalized spacial score (nSPS) is 34.9. The van der Waals surface area contributed by atoms with E-state index in [0.29, 0.717) is 11.7 Å². The fourth-order valence-corrected chi connectivity index (χ4v) is 1.58. The SMILES string of the molecule is CC(=O)[C@H]1CC[C@H](C)C1. The van der Waals surface area contributed by atoms with E-state index >= 15 is 0 Å². The molecule has 0 aromatic carbocycles. The molecule has 1 aliphatic rings. The maximum absolute atomic E-state index is 10.8. The van der Waals surface area contributed by atoms with Crippen LogP contribution >= 0.6 is 0 Å². The van der Waals surface area contributed by atoms with Crippen molar-refractivity contribution in [3.63, 3.8) is 0 Å². The maximum Gasteiger partial charge on any atom is 0.132 e. The zero-order valence-electron chi connectivity index (χ0n) is 6.18. The number of Topliss-reactive ketones (excluding diaryl/α,β-unsaturated/α-hetero) is 1. The first kappa shape index (κ1) is 6.79. The van der Waals surface area contributed by atoms with Gasteiger partial charge in [0, 0.05) is 5.92 Å². The summed E-state index contributed by atoms with van der Waals surface area (Å²) in [5, 5.41) is 0. The van der Waals surface area contributed by atoms with Crippen molar-refractivity contribution in [3.8, 4) is 0 Å². The number of carbonyl (C=O) groups is 1. The van der Waals surface area contributed by atoms with E-state index in [1.165, 1.54) is 6.42 Å². The second-order valence-electron chi connectivity index (χ2n) is 3.23. The summed E-state index contributed by atoms with van der Waals surface area (Å²) in [7, 11) is 0. The molecule has 0 aromatic heterocycles. The number of hydrogen-bond acceptors (Lipinski definition) is 1. The Labute approximate surface area is 56.4 Å². The van der Waals surface area contributed by atoms with Crippen LogP contribution < -0.4 is 0 Å². The van der Waals surface area contributed by atoms with Crippen molar-refractivity contribution in [3.05, 3.63) is 0 Å². The molecule has 1 saturated carbocycles. The van der Waals surface area contributed by atoms with Gasteiger partial charge in [-0.15, -0.1) is 0 Å². The van der Waals surface area contributed by atoms with Crippen molar-refractivity contribution in [1.82, 2.24) is 0 Å². The Balaban J connectivity index is 2.39. The van der Waals surface area contributed by atoms with Gasteiger partial charge in [0.05, 0.1) is 0 Å². The van der Waals surface area contributed by atoms with Gasteiger partial charge in [-0.25, -0.2) is 0 Å². The van der Waals surface area contributed by atoms with E-state index < -0.39 is 0 Å². The summed E-state index contributed by atoms with van der Waals surface area (Å²) in [5.74, 6) is 1.58. The summed E-state index contributed by atoms with van der Waals surface area (Å²) < 4.78 is 0. The third-order valence-corrected chi connectivity index (χ3v) is 2.27. The summed E-state index contributed by atoms with van der Waals surface area (Å²) in [6.07, 6.45) is 3.52. The van der Waals surface area contributed by atoms with Gasteiger partial charge in [0.25, 0.3) is 0 Å². The Hall–Kier alpha value is -0.330. The molecule has 0 spiro atoms. The maximum atomic E-state index is 10.8. The molecule has 52 valence electrons. The number of ketones is 1. The van der Waals surface area contributed by atoms with Crippen molar-refractivity contribution in [2.75, 3.05) is 0 Å². The Morgan fingerprint density at radius 2 is 2.11 bits per heavy atom. The first-order chi connectivity index (χ1) is 4.20. The lowest BCUT2D eigenvalue weighted by atomic mass is 10.0. The van der Waals surface area contributed by atoms with Crippen molar-refractivity contribution in [2.45, 2.75) is 33.1 Å². The minimum absolute atomic E-state index is 0.388. The van der Waals surface area contributed by atoms with Gasteiger partial charge in [-0.2, -0.15) is 0 Å². The zero-order valence-corrected chi connectivity index (χ0v) is 6.18. The minimum atomic E-state index is 0.388. The summed E-state index contributed by atoms with van der Waals surface area (Å²) in [5.41, 5.74) is 0. The van der Waals surface area contributed by atoms with Gasteiger partial charge in [-0.05, 0) is 32.1 Å². The predicted molar refractivity (Wildman–Crippen MR) is 37.2 cm³/mol. The first-order valence-corrected chi connectivity index (χ1v) is 3.70. The van der Waals surface area contributed by atoms with E-state index in [-0.39, 0.29) is 0 Å². The zero-order chi connectivity index (χ0) is 6.85. The van der Waals surface area contributed by atoms with Gasteiger partial charge in [0.15, 0.2) is 0 Å². The highest BCUT2D eigenvalue weighted by Gasteiger charge is 2.23. The summed E-state index contributed by atoms with van der Waals surface area (Å²) in [6, 6.07) is 0. The molecule has 0 amide bonds. The monoisotopic (exact) mass is 126 g/mol. The quantitative estimate of drug-likeness (QED) is 0.525. The molecular weight excluding hydrogens is 112 g/mol. The van der Waals surface area contributed by atoms with Crippen molar-refractivity contribution in [2.24, 2.45) is 11.8 Å². The van der Waals surface area contributed by atoms with Crippen LogP contribution in [0.3, 0.4) is 0 Å². The minimum Gasteiger partial charge on any atom is -0.300 e. The molecule has 0 radical (unpaired) electrons. The van der Waals surface area contributed by atoms with Crippen LogP contribution in [0.2, 0.25) is 0 Å². The van der Waals surface area contributed by atoms with Gasteiger partial charge in [0.2, 0.25) is 0 Å². The van der Waals surface area contributed by atoms with E-state index in [9.17, 15) is 4.79 Å². The molecule has 0 N–H and O–H groups in total. The molecule has 0 aromatic rings. The van der Waals surface area contributed by atoms with Gasteiger partial charge < -0.3 is 0 Å². The molecule has 1 nitrogen and oxygen atoms in total. The second kappa shape index (κ2) is 2.51.